The third kappa shape index (κ3) is 5.34. The lowest BCUT2D eigenvalue weighted by molar-refractivity contribution is -0.384. The molecule has 8 heteroatoms. The molecular weight excluding hydrogens is 386 g/mol. The van der Waals surface area contributed by atoms with Crippen molar-refractivity contribution in [1.82, 2.24) is 0 Å². The molecule has 8 nitrogen and oxygen atoms in total. The number of carbonyl (C=O) groups excluding carboxylic acids is 2. The number of esters is 1. The summed E-state index contributed by atoms with van der Waals surface area (Å²) >= 11 is 0. The lowest BCUT2D eigenvalue weighted by atomic mass is 9.96. The third-order valence-electron chi connectivity index (χ3n) is 5.10. The number of nitrogens with zero attached hydrogens (tertiary/aromatic N) is 2. The Kier molecular flexibility index (Phi) is 6.66. The number of hydrogen-bond donors (Lipinski definition) is 1. The Bertz CT molecular complexity index is 931. The smallest absolute Gasteiger partial charge is 0.309 e. The molecule has 30 heavy (non-hydrogen) atoms. The fourth-order valence-electron chi connectivity index (χ4n) is 3.74. The van der Waals surface area contributed by atoms with Gasteiger partial charge in [-0.3, -0.25) is 19.7 Å². The Morgan fingerprint density at radius 3 is 2.40 bits per heavy atom. The number of benzene rings is 2. The van der Waals surface area contributed by atoms with Crippen molar-refractivity contribution in [3.63, 3.8) is 0 Å². The van der Waals surface area contributed by atoms with Crippen LogP contribution in [0.15, 0.2) is 42.5 Å². The molecule has 0 saturated carbocycles. The molecule has 1 aliphatic rings. The van der Waals surface area contributed by atoms with Crippen LogP contribution in [0.4, 0.5) is 17.1 Å². The van der Waals surface area contributed by atoms with Crippen molar-refractivity contribution < 1.29 is 19.2 Å². The monoisotopic (exact) mass is 411 g/mol. The van der Waals surface area contributed by atoms with E-state index in [1.54, 1.807) is 18.2 Å². The molecule has 0 aliphatic carbocycles. The molecule has 1 N–H and O–H groups in total. The first kappa shape index (κ1) is 21.3. The molecule has 2 aromatic rings. The predicted molar refractivity (Wildman–Crippen MR) is 114 cm³/mol. The molecule has 1 amide bonds. The molecule has 2 aromatic carbocycles. The van der Waals surface area contributed by atoms with Crippen LogP contribution in [0.25, 0.3) is 0 Å². The van der Waals surface area contributed by atoms with Crippen molar-refractivity contribution in [2.24, 2.45) is 5.92 Å². The molecule has 0 aromatic heterocycles. The van der Waals surface area contributed by atoms with Gasteiger partial charge in [-0.2, -0.15) is 0 Å². The van der Waals surface area contributed by atoms with E-state index in [0.717, 1.165) is 11.1 Å². The van der Waals surface area contributed by atoms with Crippen LogP contribution < -0.4 is 10.2 Å². The number of nitrogens with one attached hydrogen (secondary N) is 1. The molecule has 1 fully saturated rings. The van der Waals surface area contributed by atoms with Crippen molar-refractivity contribution in [1.29, 1.82) is 0 Å². The van der Waals surface area contributed by atoms with Crippen LogP contribution in [-0.2, 0) is 14.3 Å². The molecule has 158 valence electrons. The minimum atomic E-state index is -0.409. The molecule has 1 heterocycles. The van der Waals surface area contributed by atoms with Gasteiger partial charge >= 0.3 is 5.97 Å². The number of nitro benzene ring substituents is 1. The molecular formula is C22H25N3O5. The van der Waals surface area contributed by atoms with Gasteiger partial charge in [0.2, 0.25) is 0 Å². The fourth-order valence-corrected chi connectivity index (χ4v) is 3.74. The number of piperidine rings is 1. The Labute approximate surface area is 175 Å². The minimum Gasteiger partial charge on any atom is -0.455 e. The minimum absolute atomic E-state index is 0.0570. The van der Waals surface area contributed by atoms with Gasteiger partial charge in [0.25, 0.3) is 11.6 Å². The first-order chi connectivity index (χ1) is 14.3. The van der Waals surface area contributed by atoms with Crippen molar-refractivity contribution in [3.05, 3.63) is 63.7 Å². The van der Waals surface area contributed by atoms with Gasteiger partial charge in [-0.1, -0.05) is 18.2 Å². The Hall–Kier alpha value is -3.42. The summed E-state index contributed by atoms with van der Waals surface area (Å²) < 4.78 is 5.20. The zero-order valence-corrected chi connectivity index (χ0v) is 17.1. The maximum absolute atomic E-state index is 12.4. The van der Waals surface area contributed by atoms with Crippen LogP contribution in [0.5, 0.6) is 0 Å². The fraction of sp³-hybridized carbons (Fsp3) is 0.364. The van der Waals surface area contributed by atoms with E-state index in [-0.39, 0.29) is 24.1 Å². The second-order valence-corrected chi connectivity index (χ2v) is 7.54. The van der Waals surface area contributed by atoms with Crippen molar-refractivity contribution >= 4 is 28.9 Å². The van der Waals surface area contributed by atoms with Crippen LogP contribution in [0.2, 0.25) is 0 Å². The van der Waals surface area contributed by atoms with E-state index in [9.17, 15) is 19.7 Å². The molecule has 1 aliphatic heterocycles. The van der Waals surface area contributed by atoms with Crippen LogP contribution in [0.1, 0.15) is 24.0 Å². The maximum atomic E-state index is 12.4. The highest BCUT2D eigenvalue weighted by molar-refractivity contribution is 5.93. The molecule has 0 atom stereocenters. The predicted octanol–water partition coefficient (Wildman–Crippen LogP) is 3.61. The summed E-state index contributed by atoms with van der Waals surface area (Å²) in [6.45, 7) is 4.58. The Balaban J connectivity index is 1.49. The average Bonchev–Trinajstić information content (AvgIpc) is 2.71. The molecule has 3 rings (SSSR count). The van der Waals surface area contributed by atoms with Crippen LogP contribution in [-0.4, -0.2) is 36.5 Å². The summed E-state index contributed by atoms with van der Waals surface area (Å²) in [5, 5.41) is 14.0. The summed E-state index contributed by atoms with van der Waals surface area (Å²) in [5.74, 6) is -1.11. The zero-order chi connectivity index (χ0) is 21.7. The van der Waals surface area contributed by atoms with E-state index in [1.165, 1.54) is 6.07 Å². The first-order valence-corrected chi connectivity index (χ1v) is 9.86. The van der Waals surface area contributed by atoms with Crippen LogP contribution >= 0.6 is 0 Å². The maximum Gasteiger partial charge on any atom is 0.309 e. The normalized spacial score (nSPS) is 14.3. The summed E-state index contributed by atoms with van der Waals surface area (Å²) in [4.78, 5) is 37.2. The lowest BCUT2D eigenvalue weighted by Crippen LogP contribution is -2.37. The highest BCUT2D eigenvalue weighted by Crippen LogP contribution is 2.31. The highest BCUT2D eigenvalue weighted by atomic mass is 16.6. The van der Waals surface area contributed by atoms with Crippen LogP contribution in [0, 0.1) is 29.9 Å². The number of para-hydroxylation sites is 2. The van der Waals surface area contributed by atoms with Gasteiger partial charge in [-0.05, 0) is 56.0 Å². The number of anilines is 2. The van der Waals surface area contributed by atoms with Gasteiger partial charge in [-0.25, -0.2) is 0 Å². The summed E-state index contributed by atoms with van der Waals surface area (Å²) in [6, 6.07) is 12.3. The average molecular weight is 411 g/mol. The summed E-state index contributed by atoms with van der Waals surface area (Å²) in [5.41, 5.74) is 3.36. The molecule has 0 spiro atoms. The number of rotatable bonds is 6. The topological polar surface area (TPSA) is 102 Å². The van der Waals surface area contributed by atoms with Gasteiger partial charge in [0, 0.05) is 24.8 Å². The Morgan fingerprint density at radius 2 is 1.77 bits per heavy atom. The number of ether oxygens (including phenoxy) is 1. The van der Waals surface area contributed by atoms with E-state index in [2.05, 4.69) is 5.32 Å². The lowest BCUT2D eigenvalue weighted by Gasteiger charge is -2.32. The molecule has 1 saturated heterocycles. The SMILES string of the molecule is Cc1cc(C)cc(NC(=O)COC(=O)C2CCN(c3ccccc3[N+](=O)[O-])CC2)c1. The second-order valence-electron chi connectivity index (χ2n) is 7.54. The second kappa shape index (κ2) is 9.39. The third-order valence-corrected chi connectivity index (χ3v) is 5.10. The number of amides is 1. The van der Waals surface area contributed by atoms with Crippen molar-refractivity contribution in [2.75, 3.05) is 29.9 Å². The standard InChI is InChI=1S/C22H25N3O5/c1-15-11-16(2)13-18(12-15)23-21(26)14-30-22(27)17-7-9-24(10-8-17)19-5-3-4-6-20(19)25(28)29/h3-6,11-13,17H,7-10,14H2,1-2H3,(H,23,26). The Morgan fingerprint density at radius 1 is 1.13 bits per heavy atom. The van der Waals surface area contributed by atoms with E-state index in [4.69, 9.17) is 4.74 Å². The highest BCUT2D eigenvalue weighted by Gasteiger charge is 2.29. The number of nitro groups is 1. The van der Waals surface area contributed by atoms with Gasteiger partial charge in [-0.15, -0.1) is 0 Å². The van der Waals surface area contributed by atoms with E-state index >= 15 is 0 Å². The van der Waals surface area contributed by atoms with Gasteiger partial charge in [0.1, 0.15) is 5.69 Å². The van der Waals surface area contributed by atoms with Gasteiger partial charge in [0.15, 0.2) is 6.61 Å². The van der Waals surface area contributed by atoms with E-state index < -0.39 is 10.9 Å². The summed E-state index contributed by atoms with van der Waals surface area (Å²) in [7, 11) is 0. The number of hydrogen-bond acceptors (Lipinski definition) is 6. The van der Waals surface area contributed by atoms with Gasteiger partial charge in [0.05, 0.1) is 10.8 Å². The number of aryl methyl sites for hydroxylation is 2. The van der Waals surface area contributed by atoms with Crippen LogP contribution in [0.3, 0.4) is 0 Å². The van der Waals surface area contributed by atoms with E-state index in [0.29, 0.717) is 37.3 Å². The molecule has 0 bridgehead atoms. The number of carbonyl (C=O) groups is 2. The van der Waals surface area contributed by atoms with Crippen molar-refractivity contribution in [2.45, 2.75) is 26.7 Å². The van der Waals surface area contributed by atoms with Gasteiger partial charge < -0.3 is 15.0 Å². The zero-order valence-electron chi connectivity index (χ0n) is 17.1. The largest absolute Gasteiger partial charge is 0.455 e. The summed E-state index contributed by atoms with van der Waals surface area (Å²) in [6.07, 6.45) is 1.03. The van der Waals surface area contributed by atoms with E-state index in [1.807, 2.05) is 36.9 Å². The molecule has 0 unspecified atom stereocenters. The van der Waals surface area contributed by atoms with Crippen molar-refractivity contribution in [3.8, 4) is 0 Å². The molecule has 0 radical (unpaired) electrons. The quantitative estimate of drug-likeness (QED) is 0.443. The first-order valence-electron chi connectivity index (χ1n) is 9.86.